The molecule has 0 bridgehead atoms. The predicted octanol–water partition coefficient (Wildman–Crippen LogP) is 5.55. The Labute approximate surface area is 216 Å². The van der Waals surface area contributed by atoms with Crippen LogP contribution in [0, 0.1) is 0 Å². The molecular weight excluding hydrogens is 501 g/mol. The second kappa shape index (κ2) is 12.1. The third-order valence-electron chi connectivity index (χ3n) is 5.55. The van der Waals surface area contributed by atoms with E-state index in [4.69, 9.17) is 4.74 Å². The Bertz CT molecular complexity index is 1340. The molecule has 192 valence electrons. The van der Waals surface area contributed by atoms with Crippen molar-refractivity contribution in [2.75, 3.05) is 20.3 Å². The molecule has 0 atom stereocenters. The van der Waals surface area contributed by atoms with E-state index in [1.807, 2.05) is 42.5 Å². The highest BCUT2D eigenvalue weighted by Gasteiger charge is 2.31. The molecule has 1 amide bonds. The fourth-order valence-electron chi connectivity index (χ4n) is 3.74. The van der Waals surface area contributed by atoms with Gasteiger partial charge >= 0.3 is 6.18 Å². The topological polar surface area (TPSA) is 69.0 Å². The van der Waals surface area contributed by atoms with Gasteiger partial charge in [0.05, 0.1) is 17.9 Å². The van der Waals surface area contributed by atoms with E-state index in [2.05, 4.69) is 15.5 Å². The minimum atomic E-state index is -4.48. The standard InChI is InChI=1S/C27H25F3N4O2S/c1-36-15-14-31-25(35)23-13-6-5-10-20(23)18-37-26-33-32-24(16-19-8-3-2-4-9-19)34(26)22-12-7-11-21(17-22)27(28,29)30/h2-13,17H,14-16,18H2,1H3,(H,31,35). The van der Waals surface area contributed by atoms with Gasteiger partial charge in [-0.25, -0.2) is 0 Å². The maximum absolute atomic E-state index is 13.5. The minimum Gasteiger partial charge on any atom is -0.383 e. The van der Waals surface area contributed by atoms with Gasteiger partial charge in [0.2, 0.25) is 0 Å². The van der Waals surface area contributed by atoms with Gasteiger partial charge in [-0.05, 0) is 35.4 Å². The van der Waals surface area contributed by atoms with Crippen molar-refractivity contribution in [3.63, 3.8) is 0 Å². The van der Waals surface area contributed by atoms with E-state index >= 15 is 0 Å². The second-order valence-corrected chi connectivity index (χ2v) is 9.08. The molecule has 4 aromatic rings. The lowest BCUT2D eigenvalue weighted by Crippen LogP contribution is -2.27. The number of nitrogens with zero attached hydrogens (tertiary/aromatic N) is 3. The number of methoxy groups -OCH3 is 1. The molecule has 0 fully saturated rings. The molecule has 0 radical (unpaired) electrons. The monoisotopic (exact) mass is 526 g/mol. The van der Waals surface area contributed by atoms with Crippen molar-refractivity contribution < 1.29 is 22.7 Å². The summed E-state index contributed by atoms with van der Waals surface area (Å²) in [5.74, 6) is 0.659. The molecule has 1 heterocycles. The summed E-state index contributed by atoms with van der Waals surface area (Å²) in [4.78, 5) is 12.7. The second-order valence-electron chi connectivity index (χ2n) is 8.14. The van der Waals surface area contributed by atoms with Gasteiger partial charge in [0.15, 0.2) is 5.16 Å². The van der Waals surface area contributed by atoms with Gasteiger partial charge in [-0.2, -0.15) is 13.2 Å². The van der Waals surface area contributed by atoms with Gasteiger partial charge in [-0.1, -0.05) is 66.4 Å². The number of thioether (sulfide) groups is 1. The summed E-state index contributed by atoms with van der Waals surface area (Å²) in [5.41, 5.74) is 1.81. The molecule has 0 unspecified atom stereocenters. The molecule has 0 aliphatic carbocycles. The number of hydrogen-bond donors (Lipinski definition) is 1. The maximum atomic E-state index is 13.5. The molecule has 0 saturated heterocycles. The number of carbonyl (C=O) groups is 1. The lowest BCUT2D eigenvalue weighted by molar-refractivity contribution is -0.137. The first kappa shape index (κ1) is 26.4. The Balaban J connectivity index is 1.65. The van der Waals surface area contributed by atoms with Gasteiger partial charge in [0.25, 0.3) is 5.91 Å². The number of benzene rings is 3. The number of carbonyl (C=O) groups excluding carboxylic acids is 1. The average Bonchev–Trinajstić information content (AvgIpc) is 3.30. The lowest BCUT2D eigenvalue weighted by atomic mass is 10.1. The Morgan fingerprint density at radius 1 is 1.00 bits per heavy atom. The number of aromatic nitrogens is 3. The largest absolute Gasteiger partial charge is 0.416 e. The first-order valence-electron chi connectivity index (χ1n) is 11.5. The zero-order chi connectivity index (χ0) is 26.3. The highest BCUT2D eigenvalue weighted by molar-refractivity contribution is 7.98. The number of rotatable bonds is 10. The molecule has 1 aromatic heterocycles. The third kappa shape index (κ3) is 6.78. The molecule has 4 rings (SSSR count). The molecule has 37 heavy (non-hydrogen) atoms. The summed E-state index contributed by atoms with van der Waals surface area (Å²) >= 11 is 1.30. The summed E-state index contributed by atoms with van der Waals surface area (Å²) in [6.45, 7) is 0.774. The van der Waals surface area contributed by atoms with E-state index in [0.717, 1.165) is 23.3 Å². The highest BCUT2D eigenvalue weighted by Crippen LogP contribution is 2.33. The fraction of sp³-hybridized carbons (Fsp3) is 0.222. The average molecular weight is 527 g/mol. The SMILES string of the molecule is COCCNC(=O)c1ccccc1CSc1nnc(Cc2ccccc2)n1-c1cccc(C(F)(F)F)c1. The molecule has 10 heteroatoms. The number of alkyl halides is 3. The van der Waals surface area contributed by atoms with E-state index in [1.165, 1.54) is 17.8 Å². The number of halogens is 3. The first-order valence-corrected chi connectivity index (χ1v) is 12.5. The van der Waals surface area contributed by atoms with Crippen LogP contribution in [-0.4, -0.2) is 40.9 Å². The predicted molar refractivity (Wildman–Crippen MR) is 136 cm³/mol. The summed E-state index contributed by atoms with van der Waals surface area (Å²) in [5, 5.41) is 11.9. The normalized spacial score (nSPS) is 11.5. The molecule has 0 aliphatic rings. The van der Waals surface area contributed by atoms with Crippen LogP contribution in [-0.2, 0) is 23.1 Å². The smallest absolute Gasteiger partial charge is 0.383 e. The third-order valence-corrected chi connectivity index (χ3v) is 6.53. The van der Waals surface area contributed by atoms with Crippen LogP contribution >= 0.6 is 11.8 Å². The van der Waals surface area contributed by atoms with Crippen LogP contribution in [0.1, 0.15) is 32.9 Å². The van der Waals surface area contributed by atoms with Crippen molar-refractivity contribution >= 4 is 17.7 Å². The Morgan fingerprint density at radius 2 is 1.76 bits per heavy atom. The van der Waals surface area contributed by atoms with Crippen LogP contribution in [0.2, 0.25) is 0 Å². The quantitative estimate of drug-likeness (QED) is 0.217. The molecule has 0 aliphatic heterocycles. The zero-order valence-corrected chi connectivity index (χ0v) is 20.9. The van der Waals surface area contributed by atoms with Gasteiger partial charge in [-0.15, -0.1) is 10.2 Å². The lowest BCUT2D eigenvalue weighted by Gasteiger charge is -2.14. The Hall–Kier alpha value is -3.63. The summed E-state index contributed by atoms with van der Waals surface area (Å²) in [6.07, 6.45) is -4.09. The van der Waals surface area contributed by atoms with Crippen LogP contribution in [0.3, 0.4) is 0 Å². The first-order chi connectivity index (χ1) is 17.9. The van der Waals surface area contributed by atoms with Gasteiger partial charge in [-0.3, -0.25) is 9.36 Å². The number of hydrogen-bond acceptors (Lipinski definition) is 5. The fourth-order valence-corrected chi connectivity index (χ4v) is 4.71. The Morgan fingerprint density at radius 3 is 2.51 bits per heavy atom. The maximum Gasteiger partial charge on any atom is 0.416 e. The number of amides is 1. The van der Waals surface area contributed by atoms with Crippen molar-refractivity contribution in [2.24, 2.45) is 0 Å². The zero-order valence-electron chi connectivity index (χ0n) is 20.0. The molecule has 1 N–H and O–H groups in total. The van der Waals surface area contributed by atoms with Gasteiger partial charge in [0.1, 0.15) is 5.82 Å². The van der Waals surface area contributed by atoms with Crippen molar-refractivity contribution in [1.29, 1.82) is 0 Å². The molecule has 0 saturated carbocycles. The molecule has 3 aromatic carbocycles. The van der Waals surface area contributed by atoms with E-state index in [0.29, 0.717) is 47.6 Å². The molecule has 0 spiro atoms. The van der Waals surface area contributed by atoms with Crippen molar-refractivity contribution in [1.82, 2.24) is 20.1 Å². The van der Waals surface area contributed by atoms with Crippen molar-refractivity contribution in [3.8, 4) is 5.69 Å². The highest BCUT2D eigenvalue weighted by atomic mass is 32.2. The van der Waals surface area contributed by atoms with E-state index in [9.17, 15) is 18.0 Å². The van der Waals surface area contributed by atoms with Crippen LogP contribution < -0.4 is 5.32 Å². The minimum absolute atomic E-state index is 0.225. The van der Waals surface area contributed by atoms with Gasteiger partial charge < -0.3 is 10.1 Å². The van der Waals surface area contributed by atoms with Crippen LogP contribution in [0.4, 0.5) is 13.2 Å². The van der Waals surface area contributed by atoms with E-state index < -0.39 is 11.7 Å². The van der Waals surface area contributed by atoms with Crippen LogP contribution in [0.15, 0.2) is 84.0 Å². The molecular formula is C27H25F3N4O2S. The van der Waals surface area contributed by atoms with Crippen LogP contribution in [0.5, 0.6) is 0 Å². The number of ether oxygens (including phenoxy) is 1. The van der Waals surface area contributed by atoms with Crippen molar-refractivity contribution in [2.45, 2.75) is 23.5 Å². The van der Waals surface area contributed by atoms with Gasteiger partial charge in [0, 0.05) is 31.4 Å². The summed E-state index contributed by atoms with van der Waals surface area (Å²) in [6, 6.07) is 21.8. The molecule has 6 nitrogen and oxygen atoms in total. The summed E-state index contributed by atoms with van der Waals surface area (Å²) in [7, 11) is 1.56. The van der Waals surface area contributed by atoms with E-state index in [-0.39, 0.29) is 5.91 Å². The van der Waals surface area contributed by atoms with Crippen molar-refractivity contribution in [3.05, 3.63) is 107 Å². The van der Waals surface area contributed by atoms with Crippen LogP contribution in [0.25, 0.3) is 5.69 Å². The Kier molecular flexibility index (Phi) is 8.62. The number of nitrogens with one attached hydrogen (secondary N) is 1. The summed E-state index contributed by atoms with van der Waals surface area (Å²) < 4.78 is 47.0. The van der Waals surface area contributed by atoms with E-state index in [1.54, 1.807) is 29.9 Å².